The quantitative estimate of drug-likeness (QED) is 0.682. The van der Waals surface area contributed by atoms with Gasteiger partial charge in [-0.3, -0.25) is 19.2 Å². The zero-order valence-corrected chi connectivity index (χ0v) is 19.3. The number of likely N-dealkylation sites (tertiary alicyclic amines) is 1. The lowest BCUT2D eigenvalue weighted by Crippen LogP contribution is -2.44. The van der Waals surface area contributed by atoms with E-state index in [4.69, 9.17) is 4.52 Å². The average molecular weight is 443 g/mol. The highest BCUT2D eigenvalue weighted by atomic mass is 16.5. The number of aromatic nitrogens is 3. The monoisotopic (exact) mass is 442 g/mol. The van der Waals surface area contributed by atoms with Gasteiger partial charge in [-0.1, -0.05) is 24.4 Å². The van der Waals surface area contributed by atoms with E-state index >= 15 is 0 Å². The predicted molar refractivity (Wildman–Crippen MR) is 120 cm³/mol. The van der Waals surface area contributed by atoms with Gasteiger partial charge in [0, 0.05) is 39.0 Å². The van der Waals surface area contributed by atoms with Gasteiger partial charge in [0.1, 0.15) is 5.76 Å². The van der Waals surface area contributed by atoms with Gasteiger partial charge >= 0.3 is 0 Å². The first-order valence-electron chi connectivity index (χ1n) is 11.6. The van der Waals surface area contributed by atoms with Crippen molar-refractivity contribution in [1.82, 2.24) is 25.2 Å². The number of anilines is 1. The number of rotatable bonds is 7. The van der Waals surface area contributed by atoms with Crippen LogP contribution < -0.4 is 10.6 Å². The molecule has 0 bridgehead atoms. The van der Waals surface area contributed by atoms with Gasteiger partial charge in [-0.05, 0) is 32.7 Å². The zero-order chi connectivity index (χ0) is 22.7. The van der Waals surface area contributed by atoms with Crippen molar-refractivity contribution in [2.24, 2.45) is 12.5 Å². The van der Waals surface area contributed by atoms with E-state index in [0.29, 0.717) is 37.5 Å². The van der Waals surface area contributed by atoms with Crippen LogP contribution in [0, 0.1) is 12.3 Å². The largest absolute Gasteiger partial charge is 0.361 e. The van der Waals surface area contributed by atoms with Crippen LogP contribution in [0.1, 0.15) is 61.6 Å². The number of carbonyl (C=O) groups is 2. The van der Waals surface area contributed by atoms with Gasteiger partial charge < -0.3 is 15.2 Å². The Balaban J connectivity index is 1.40. The molecule has 0 unspecified atom stereocenters. The molecule has 0 radical (unpaired) electrons. The summed E-state index contributed by atoms with van der Waals surface area (Å²) in [6, 6.07) is 2.04. The van der Waals surface area contributed by atoms with E-state index in [1.807, 2.05) is 24.9 Å². The van der Waals surface area contributed by atoms with Crippen molar-refractivity contribution in [3.63, 3.8) is 0 Å². The molecule has 1 saturated heterocycles. The maximum atomic E-state index is 12.9. The minimum Gasteiger partial charge on any atom is -0.361 e. The molecule has 1 aliphatic heterocycles. The van der Waals surface area contributed by atoms with Crippen molar-refractivity contribution < 1.29 is 14.1 Å². The van der Waals surface area contributed by atoms with E-state index in [1.165, 1.54) is 19.3 Å². The highest BCUT2D eigenvalue weighted by Gasteiger charge is 2.45. The standard InChI is InChI=1S/C23H34N6O3/c1-16-20(13-25-28(16)3)26-21(30)14-29-10-9-23(15-29,22(31)24-2)12-18-11-19(27-32-18)17-7-5-4-6-8-17/h11,13,17H,4-10,12,14-15H2,1-3H3,(H,24,31)(H,26,30)/t23-/m1/s1. The van der Waals surface area contributed by atoms with Crippen LogP contribution in [-0.2, 0) is 23.1 Å². The lowest BCUT2D eigenvalue weighted by molar-refractivity contribution is -0.130. The van der Waals surface area contributed by atoms with Gasteiger partial charge in [0.25, 0.3) is 0 Å². The smallest absolute Gasteiger partial charge is 0.238 e. The fourth-order valence-electron chi connectivity index (χ4n) is 5.12. The number of nitrogens with one attached hydrogen (secondary N) is 2. The van der Waals surface area contributed by atoms with Crippen molar-refractivity contribution >= 4 is 17.5 Å². The summed E-state index contributed by atoms with van der Waals surface area (Å²) >= 11 is 0. The third-order valence-corrected chi connectivity index (χ3v) is 7.13. The first-order valence-corrected chi connectivity index (χ1v) is 11.6. The molecular weight excluding hydrogens is 408 g/mol. The van der Waals surface area contributed by atoms with Crippen LogP contribution in [0.25, 0.3) is 0 Å². The fraction of sp³-hybridized carbons (Fsp3) is 0.652. The second-order valence-corrected chi connectivity index (χ2v) is 9.37. The summed E-state index contributed by atoms with van der Waals surface area (Å²) in [6.45, 7) is 3.33. The van der Waals surface area contributed by atoms with E-state index in [9.17, 15) is 9.59 Å². The van der Waals surface area contributed by atoms with Crippen LogP contribution in [0.4, 0.5) is 5.69 Å². The van der Waals surface area contributed by atoms with E-state index in [-0.39, 0.29) is 18.4 Å². The molecule has 1 atom stereocenters. The zero-order valence-electron chi connectivity index (χ0n) is 19.3. The molecule has 1 saturated carbocycles. The summed E-state index contributed by atoms with van der Waals surface area (Å²) in [5, 5.41) is 14.2. The summed E-state index contributed by atoms with van der Waals surface area (Å²) in [5.74, 6) is 1.11. The van der Waals surface area contributed by atoms with Crippen molar-refractivity contribution in [3.8, 4) is 0 Å². The highest BCUT2D eigenvalue weighted by molar-refractivity contribution is 5.92. The van der Waals surface area contributed by atoms with Gasteiger partial charge in [-0.15, -0.1) is 0 Å². The molecule has 3 heterocycles. The van der Waals surface area contributed by atoms with Gasteiger partial charge in [0.2, 0.25) is 11.8 Å². The van der Waals surface area contributed by atoms with E-state index < -0.39 is 5.41 Å². The van der Waals surface area contributed by atoms with Crippen molar-refractivity contribution in [2.75, 3.05) is 32.0 Å². The summed E-state index contributed by atoms with van der Waals surface area (Å²) in [6.07, 6.45) is 8.91. The summed E-state index contributed by atoms with van der Waals surface area (Å²) in [7, 11) is 3.50. The third-order valence-electron chi connectivity index (χ3n) is 7.13. The molecular formula is C23H34N6O3. The Morgan fingerprint density at radius 2 is 2.06 bits per heavy atom. The summed E-state index contributed by atoms with van der Waals surface area (Å²) in [4.78, 5) is 27.5. The first kappa shape index (κ1) is 22.5. The summed E-state index contributed by atoms with van der Waals surface area (Å²) in [5.41, 5.74) is 2.01. The predicted octanol–water partition coefficient (Wildman–Crippen LogP) is 2.38. The van der Waals surface area contributed by atoms with Crippen LogP contribution in [0.3, 0.4) is 0 Å². The SMILES string of the molecule is CNC(=O)[C@@]1(Cc2cc(C3CCCCC3)no2)CCN(CC(=O)Nc2cnn(C)c2C)C1. The molecule has 4 rings (SSSR count). The average Bonchev–Trinajstić information content (AvgIpc) is 3.51. The number of amides is 2. The second-order valence-electron chi connectivity index (χ2n) is 9.37. The second kappa shape index (κ2) is 9.44. The number of hydrogen-bond acceptors (Lipinski definition) is 6. The lowest BCUT2D eigenvalue weighted by atomic mass is 9.81. The topological polar surface area (TPSA) is 105 Å². The lowest BCUT2D eigenvalue weighted by Gasteiger charge is -2.26. The Morgan fingerprint density at radius 1 is 1.28 bits per heavy atom. The van der Waals surface area contributed by atoms with Crippen LogP contribution in [0.15, 0.2) is 16.8 Å². The Kier molecular flexibility index (Phi) is 6.64. The van der Waals surface area contributed by atoms with Crippen LogP contribution in [0.2, 0.25) is 0 Å². The first-order chi connectivity index (χ1) is 15.4. The van der Waals surface area contributed by atoms with Gasteiger partial charge in [0.05, 0.1) is 35.2 Å². The third kappa shape index (κ3) is 4.72. The molecule has 1 aliphatic carbocycles. The maximum absolute atomic E-state index is 12.9. The number of aryl methyl sites for hydroxylation is 1. The number of nitrogens with zero attached hydrogens (tertiary/aromatic N) is 4. The van der Waals surface area contributed by atoms with E-state index in [2.05, 4.69) is 20.9 Å². The van der Waals surface area contributed by atoms with Gasteiger partial charge in [-0.25, -0.2) is 0 Å². The Hall–Kier alpha value is -2.68. The number of hydrogen-bond donors (Lipinski definition) is 2. The fourth-order valence-corrected chi connectivity index (χ4v) is 5.12. The molecule has 2 fully saturated rings. The summed E-state index contributed by atoms with van der Waals surface area (Å²) < 4.78 is 7.40. The molecule has 2 aromatic rings. The molecule has 0 spiro atoms. The van der Waals surface area contributed by atoms with Crippen LogP contribution in [-0.4, -0.2) is 58.3 Å². The molecule has 174 valence electrons. The molecule has 9 nitrogen and oxygen atoms in total. The highest BCUT2D eigenvalue weighted by Crippen LogP contribution is 2.37. The maximum Gasteiger partial charge on any atom is 0.238 e. The van der Waals surface area contributed by atoms with Gasteiger partial charge in [-0.2, -0.15) is 5.10 Å². The number of carbonyl (C=O) groups excluding carboxylic acids is 2. The molecule has 9 heteroatoms. The van der Waals surface area contributed by atoms with E-state index in [0.717, 1.165) is 30.0 Å². The molecule has 2 N–H and O–H groups in total. The minimum atomic E-state index is -0.622. The molecule has 2 amide bonds. The normalized spacial score (nSPS) is 22.2. The van der Waals surface area contributed by atoms with Crippen LogP contribution >= 0.6 is 0 Å². The Morgan fingerprint density at radius 3 is 2.75 bits per heavy atom. The molecule has 2 aliphatic rings. The van der Waals surface area contributed by atoms with Gasteiger partial charge in [0.15, 0.2) is 0 Å². The molecule has 0 aromatic carbocycles. The molecule has 32 heavy (non-hydrogen) atoms. The Bertz CT molecular complexity index is 961. The van der Waals surface area contributed by atoms with Crippen molar-refractivity contribution in [2.45, 2.75) is 57.8 Å². The molecule has 2 aromatic heterocycles. The van der Waals surface area contributed by atoms with Crippen LogP contribution in [0.5, 0.6) is 0 Å². The van der Waals surface area contributed by atoms with Crippen molar-refractivity contribution in [1.29, 1.82) is 0 Å². The Labute approximate surface area is 188 Å². The van der Waals surface area contributed by atoms with E-state index in [1.54, 1.807) is 17.9 Å². The van der Waals surface area contributed by atoms with Crippen molar-refractivity contribution in [3.05, 3.63) is 29.4 Å². The minimum absolute atomic E-state index is 0.0147.